The van der Waals surface area contributed by atoms with Crippen molar-refractivity contribution in [1.82, 2.24) is 5.32 Å². The number of benzene rings is 1. The molecule has 0 radical (unpaired) electrons. The number of halogens is 2. The monoisotopic (exact) mass is 299 g/mol. The molecule has 16 heavy (non-hydrogen) atoms. The Balaban J connectivity index is 2.36. The van der Waals surface area contributed by atoms with Gasteiger partial charge in [0.05, 0.1) is 9.83 Å². The highest BCUT2D eigenvalue weighted by molar-refractivity contribution is 9.11. The number of hydrogen-bond acceptors (Lipinski definition) is 2. The van der Waals surface area contributed by atoms with Crippen molar-refractivity contribution in [3.05, 3.63) is 56.4 Å². The van der Waals surface area contributed by atoms with Crippen LogP contribution in [0.2, 0.25) is 0 Å². The zero-order valence-corrected chi connectivity index (χ0v) is 11.1. The summed E-state index contributed by atoms with van der Waals surface area (Å²) >= 11 is 5.06. The Kier molecular flexibility index (Phi) is 3.74. The summed E-state index contributed by atoms with van der Waals surface area (Å²) in [4.78, 5) is 0. The molecule has 1 heterocycles. The molecular weight excluding hydrogens is 289 g/mol. The number of hydrogen-bond donors (Lipinski definition) is 1. The van der Waals surface area contributed by atoms with Crippen molar-refractivity contribution in [2.24, 2.45) is 0 Å². The average Bonchev–Trinajstić information content (AvgIpc) is 2.66. The van der Waals surface area contributed by atoms with Crippen LogP contribution in [0.4, 0.5) is 4.39 Å². The van der Waals surface area contributed by atoms with Gasteiger partial charge in [-0.05, 0) is 57.7 Å². The van der Waals surface area contributed by atoms with E-state index in [2.05, 4.69) is 32.7 Å². The van der Waals surface area contributed by atoms with E-state index >= 15 is 0 Å². The van der Waals surface area contributed by atoms with Gasteiger partial charge in [-0.25, -0.2) is 4.39 Å². The van der Waals surface area contributed by atoms with E-state index < -0.39 is 0 Å². The minimum Gasteiger partial charge on any atom is -0.309 e. The summed E-state index contributed by atoms with van der Waals surface area (Å²) in [6.45, 7) is 0. The molecule has 1 aromatic heterocycles. The van der Waals surface area contributed by atoms with Crippen LogP contribution in [-0.4, -0.2) is 7.05 Å². The zero-order chi connectivity index (χ0) is 11.5. The van der Waals surface area contributed by atoms with E-state index in [4.69, 9.17) is 0 Å². The second-order valence-electron chi connectivity index (χ2n) is 3.46. The summed E-state index contributed by atoms with van der Waals surface area (Å²) < 4.78 is 14.2. The van der Waals surface area contributed by atoms with Gasteiger partial charge >= 0.3 is 0 Å². The summed E-state index contributed by atoms with van der Waals surface area (Å²) in [6.07, 6.45) is 0. The van der Waals surface area contributed by atoms with Gasteiger partial charge in [-0.3, -0.25) is 0 Å². The standard InChI is InChI=1S/C12H11BrFNS/c1-15-12(9-6-11(13)16-7-9)8-3-2-4-10(14)5-8/h2-7,12,15H,1H3. The van der Waals surface area contributed by atoms with Crippen LogP contribution >= 0.6 is 27.3 Å². The maximum absolute atomic E-state index is 13.2. The summed E-state index contributed by atoms with van der Waals surface area (Å²) in [5, 5.41) is 5.26. The summed E-state index contributed by atoms with van der Waals surface area (Å²) in [7, 11) is 1.88. The van der Waals surface area contributed by atoms with Gasteiger partial charge in [-0.2, -0.15) is 0 Å². The third-order valence-corrected chi connectivity index (χ3v) is 3.91. The summed E-state index contributed by atoms with van der Waals surface area (Å²) in [6, 6.07) is 8.77. The van der Waals surface area contributed by atoms with Gasteiger partial charge in [0.2, 0.25) is 0 Å². The Morgan fingerprint density at radius 1 is 1.31 bits per heavy atom. The molecule has 2 aromatic rings. The second kappa shape index (κ2) is 5.08. The molecule has 0 bridgehead atoms. The van der Waals surface area contributed by atoms with Crippen LogP contribution in [0.3, 0.4) is 0 Å². The zero-order valence-electron chi connectivity index (χ0n) is 8.71. The van der Waals surface area contributed by atoms with Gasteiger partial charge in [0.25, 0.3) is 0 Å². The largest absolute Gasteiger partial charge is 0.309 e. The fourth-order valence-electron chi connectivity index (χ4n) is 1.69. The van der Waals surface area contributed by atoms with E-state index in [0.29, 0.717) is 0 Å². The van der Waals surface area contributed by atoms with Crippen LogP contribution in [0.25, 0.3) is 0 Å². The van der Waals surface area contributed by atoms with Crippen molar-refractivity contribution in [2.45, 2.75) is 6.04 Å². The Hall–Kier alpha value is -0.710. The van der Waals surface area contributed by atoms with Gasteiger partial charge < -0.3 is 5.32 Å². The second-order valence-corrected chi connectivity index (χ2v) is 5.75. The molecule has 0 aliphatic carbocycles. The molecule has 4 heteroatoms. The van der Waals surface area contributed by atoms with Crippen molar-refractivity contribution in [3.63, 3.8) is 0 Å². The van der Waals surface area contributed by atoms with Crippen molar-refractivity contribution in [1.29, 1.82) is 0 Å². The molecule has 84 valence electrons. The predicted octanol–water partition coefficient (Wildman–Crippen LogP) is 3.96. The summed E-state index contributed by atoms with van der Waals surface area (Å²) in [5.74, 6) is -0.202. The van der Waals surface area contributed by atoms with E-state index in [1.165, 1.54) is 6.07 Å². The smallest absolute Gasteiger partial charge is 0.123 e. The van der Waals surface area contributed by atoms with Crippen LogP contribution in [0, 0.1) is 5.82 Å². The molecule has 1 atom stereocenters. The maximum Gasteiger partial charge on any atom is 0.123 e. The van der Waals surface area contributed by atoms with Crippen LogP contribution < -0.4 is 5.32 Å². The summed E-state index contributed by atoms with van der Waals surface area (Å²) in [5.41, 5.74) is 2.08. The molecule has 1 nitrogen and oxygen atoms in total. The Bertz CT molecular complexity index is 483. The highest BCUT2D eigenvalue weighted by atomic mass is 79.9. The van der Waals surface area contributed by atoms with E-state index in [1.807, 2.05) is 13.1 Å². The SMILES string of the molecule is CNC(c1cccc(F)c1)c1csc(Br)c1. The Labute approximate surface area is 106 Å². The van der Waals surface area contributed by atoms with Crippen molar-refractivity contribution < 1.29 is 4.39 Å². The molecule has 0 aliphatic heterocycles. The van der Waals surface area contributed by atoms with Crippen LogP contribution in [0.5, 0.6) is 0 Å². The van der Waals surface area contributed by atoms with E-state index in [1.54, 1.807) is 23.5 Å². The fraction of sp³-hybridized carbons (Fsp3) is 0.167. The molecule has 1 N–H and O–H groups in total. The lowest BCUT2D eigenvalue weighted by Gasteiger charge is -2.15. The predicted molar refractivity (Wildman–Crippen MR) is 69.3 cm³/mol. The number of rotatable bonds is 3. The van der Waals surface area contributed by atoms with Gasteiger partial charge in [0, 0.05) is 0 Å². The van der Waals surface area contributed by atoms with Crippen LogP contribution in [0.15, 0.2) is 39.5 Å². The topological polar surface area (TPSA) is 12.0 Å². The quantitative estimate of drug-likeness (QED) is 0.905. The molecule has 0 amide bonds. The molecule has 0 saturated carbocycles. The van der Waals surface area contributed by atoms with Gasteiger partial charge in [0.15, 0.2) is 0 Å². The van der Waals surface area contributed by atoms with E-state index in [0.717, 1.165) is 14.9 Å². The molecule has 0 aliphatic rings. The normalized spacial score (nSPS) is 12.7. The molecule has 1 unspecified atom stereocenters. The minimum absolute atomic E-state index is 0.0400. The fourth-order valence-corrected chi connectivity index (χ4v) is 2.89. The number of nitrogens with one attached hydrogen (secondary N) is 1. The van der Waals surface area contributed by atoms with Gasteiger partial charge in [-0.1, -0.05) is 12.1 Å². The first-order valence-corrected chi connectivity index (χ1v) is 6.54. The van der Waals surface area contributed by atoms with Crippen LogP contribution in [-0.2, 0) is 0 Å². The average molecular weight is 300 g/mol. The first-order valence-electron chi connectivity index (χ1n) is 4.87. The number of thiophene rings is 1. The third kappa shape index (κ3) is 2.51. The first-order chi connectivity index (χ1) is 7.70. The van der Waals surface area contributed by atoms with Crippen molar-refractivity contribution in [2.75, 3.05) is 7.05 Å². The first kappa shape index (κ1) is 11.8. The molecule has 2 rings (SSSR count). The molecule has 0 fully saturated rings. The third-order valence-electron chi connectivity index (χ3n) is 2.39. The molecule has 1 aromatic carbocycles. The van der Waals surface area contributed by atoms with Crippen LogP contribution in [0.1, 0.15) is 17.2 Å². The highest BCUT2D eigenvalue weighted by Crippen LogP contribution is 2.29. The minimum atomic E-state index is -0.202. The van der Waals surface area contributed by atoms with Crippen molar-refractivity contribution in [3.8, 4) is 0 Å². The molecule has 0 saturated heterocycles. The Morgan fingerprint density at radius 2 is 2.12 bits per heavy atom. The maximum atomic E-state index is 13.2. The lowest BCUT2D eigenvalue weighted by molar-refractivity contribution is 0.617. The van der Waals surface area contributed by atoms with Gasteiger partial charge in [-0.15, -0.1) is 11.3 Å². The molecular formula is C12H11BrFNS. The van der Waals surface area contributed by atoms with Gasteiger partial charge in [0.1, 0.15) is 5.82 Å². The Morgan fingerprint density at radius 3 is 2.69 bits per heavy atom. The van der Waals surface area contributed by atoms with Crippen molar-refractivity contribution >= 4 is 27.3 Å². The van der Waals surface area contributed by atoms with E-state index in [-0.39, 0.29) is 11.9 Å². The lowest BCUT2D eigenvalue weighted by atomic mass is 10.0. The molecule has 0 spiro atoms. The van der Waals surface area contributed by atoms with E-state index in [9.17, 15) is 4.39 Å². The highest BCUT2D eigenvalue weighted by Gasteiger charge is 2.13. The lowest BCUT2D eigenvalue weighted by Crippen LogP contribution is -2.17.